The highest BCUT2D eigenvalue weighted by Crippen LogP contribution is 2.38. The Hall–Kier alpha value is -3.52. The van der Waals surface area contributed by atoms with Crippen molar-refractivity contribution in [2.24, 2.45) is 0 Å². The average molecular weight is 466 g/mol. The molecule has 2 amide bonds. The predicted molar refractivity (Wildman–Crippen MR) is 138 cm³/mol. The summed E-state index contributed by atoms with van der Waals surface area (Å²) in [4.78, 5) is 25.3. The Kier molecular flexibility index (Phi) is 10.2. The van der Waals surface area contributed by atoms with Gasteiger partial charge in [-0.05, 0) is 36.8 Å². The van der Waals surface area contributed by atoms with Crippen molar-refractivity contribution in [3.05, 3.63) is 54.9 Å². The minimum Gasteiger partial charge on any atom is -0.481 e. The number of nitrogens with one attached hydrogen (secondary N) is 2. The maximum atomic E-state index is 11.9. The molecule has 2 N–H and O–H groups in total. The highest BCUT2D eigenvalue weighted by Gasteiger charge is 2.15. The molecule has 0 atom stereocenters. The lowest BCUT2D eigenvalue weighted by molar-refractivity contribution is 0.252. The molecule has 8 heteroatoms. The van der Waals surface area contributed by atoms with Crippen LogP contribution in [0.2, 0.25) is 0 Å². The molecular formula is C25H31N5O2S. The number of rotatable bonds is 5. The van der Waals surface area contributed by atoms with Crippen molar-refractivity contribution in [3.63, 3.8) is 0 Å². The van der Waals surface area contributed by atoms with Gasteiger partial charge in [0.15, 0.2) is 5.13 Å². The van der Waals surface area contributed by atoms with E-state index in [-0.39, 0.29) is 6.03 Å². The minimum atomic E-state index is -0.278. The fourth-order valence-corrected chi connectivity index (χ4v) is 3.92. The number of methoxy groups -OCH3 is 1. The zero-order valence-corrected chi connectivity index (χ0v) is 20.8. The topological polar surface area (TPSA) is 89.0 Å². The average Bonchev–Trinajstić information content (AvgIpc) is 3.28. The van der Waals surface area contributed by atoms with E-state index >= 15 is 0 Å². The first-order chi connectivity index (χ1) is 16.2. The number of thiazole rings is 1. The Bertz CT molecular complexity index is 1160. The summed E-state index contributed by atoms with van der Waals surface area (Å²) in [6, 6.07) is 13.3. The van der Waals surface area contributed by atoms with Crippen LogP contribution < -0.4 is 15.4 Å². The van der Waals surface area contributed by atoms with Crippen molar-refractivity contribution >= 4 is 32.7 Å². The van der Waals surface area contributed by atoms with Gasteiger partial charge in [-0.3, -0.25) is 10.3 Å². The van der Waals surface area contributed by atoms with Crippen LogP contribution in [0.15, 0.2) is 54.9 Å². The standard InChI is InChI=1S/C21H19N5O2S.2C2H6/c1-3-23-20(27)26-21-25-17-11-14(13-6-5-9-22-12-13)10-15(19(17)29-21)16-7-4-8-18(24-16)28-2;2*1-2/h4-12H,3H2,1-2H3,(H2,23,25,26,27);2*1-2H3. The summed E-state index contributed by atoms with van der Waals surface area (Å²) in [5.41, 5.74) is 4.42. The number of carbonyl (C=O) groups is 1. The second-order valence-electron chi connectivity index (χ2n) is 6.18. The third-order valence-corrected chi connectivity index (χ3v) is 5.27. The highest BCUT2D eigenvalue weighted by molar-refractivity contribution is 7.22. The van der Waals surface area contributed by atoms with E-state index in [9.17, 15) is 4.79 Å². The maximum Gasteiger partial charge on any atom is 0.321 e. The van der Waals surface area contributed by atoms with Gasteiger partial charge in [0.05, 0.1) is 23.0 Å². The van der Waals surface area contributed by atoms with E-state index in [1.807, 2.05) is 71.1 Å². The second-order valence-corrected chi connectivity index (χ2v) is 7.18. The molecule has 3 heterocycles. The van der Waals surface area contributed by atoms with Crippen LogP contribution in [0.1, 0.15) is 34.6 Å². The van der Waals surface area contributed by atoms with Crippen molar-refractivity contribution in [1.82, 2.24) is 20.3 Å². The lowest BCUT2D eigenvalue weighted by Crippen LogP contribution is -2.28. The number of aromatic nitrogens is 3. The molecule has 3 aromatic heterocycles. The first-order valence-corrected chi connectivity index (χ1v) is 11.9. The van der Waals surface area contributed by atoms with E-state index in [1.165, 1.54) is 11.3 Å². The molecule has 0 aliphatic carbocycles. The number of amides is 2. The van der Waals surface area contributed by atoms with Crippen molar-refractivity contribution in [3.8, 4) is 28.3 Å². The Balaban J connectivity index is 0.000000914. The third kappa shape index (κ3) is 6.49. The number of hydrogen-bond acceptors (Lipinski definition) is 6. The van der Waals surface area contributed by atoms with E-state index in [1.54, 1.807) is 19.4 Å². The summed E-state index contributed by atoms with van der Waals surface area (Å²) in [5.74, 6) is 0.535. The number of urea groups is 1. The zero-order valence-electron chi connectivity index (χ0n) is 20.0. The fraction of sp³-hybridized carbons (Fsp3) is 0.280. The first kappa shape index (κ1) is 25.7. The van der Waals surface area contributed by atoms with Gasteiger partial charge in [-0.25, -0.2) is 14.8 Å². The number of hydrogen-bond donors (Lipinski definition) is 2. The summed E-state index contributed by atoms with van der Waals surface area (Å²) >= 11 is 1.41. The number of benzene rings is 1. The summed E-state index contributed by atoms with van der Waals surface area (Å²) in [5, 5.41) is 6.04. The molecule has 0 radical (unpaired) electrons. The Morgan fingerprint density at radius 2 is 1.82 bits per heavy atom. The molecule has 0 fully saturated rings. The molecule has 0 aliphatic rings. The van der Waals surface area contributed by atoms with Crippen LogP contribution in [0.25, 0.3) is 32.6 Å². The Morgan fingerprint density at radius 1 is 1.03 bits per heavy atom. The van der Waals surface area contributed by atoms with Gasteiger partial charge in [-0.2, -0.15) is 0 Å². The Labute approximate surface area is 199 Å². The fourth-order valence-electron chi connectivity index (χ4n) is 2.96. The number of nitrogens with zero attached hydrogens (tertiary/aromatic N) is 3. The lowest BCUT2D eigenvalue weighted by Gasteiger charge is -2.08. The summed E-state index contributed by atoms with van der Waals surface area (Å²) < 4.78 is 6.22. The van der Waals surface area contributed by atoms with Crippen LogP contribution in [0.3, 0.4) is 0 Å². The van der Waals surface area contributed by atoms with Gasteiger partial charge in [0, 0.05) is 36.1 Å². The predicted octanol–water partition coefficient (Wildman–Crippen LogP) is 6.62. The number of pyridine rings is 2. The molecule has 0 saturated carbocycles. The van der Waals surface area contributed by atoms with Gasteiger partial charge in [-0.15, -0.1) is 0 Å². The van der Waals surface area contributed by atoms with Crippen LogP contribution >= 0.6 is 11.3 Å². The van der Waals surface area contributed by atoms with Crippen LogP contribution in [0.5, 0.6) is 5.88 Å². The molecule has 0 bridgehead atoms. The van der Waals surface area contributed by atoms with Crippen molar-refractivity contribution in [2.45, 2.75) is 34.6 Å². The zero-order chi connectivity index (χ0) is 24.2. The van der Waals surface area contributed by atoms with Crippen LogP contribution in [0, 0.1) is 0 Å². The Morgan fingerprint density at radius 3 is 2.48 bits per heavy atom. The molecule has 4 aromatic rings. The van der Waals surface area contributed by atoms with E-state index in [4.69, 9.17) is 4.74 Å². The molecule has 0 spiro atoms. The van der Waals surface area contributed by atoms with E-state index in [0.717, 1.165) is 32.6 Å². The largest absolute Gasteiger partial charge is 0.481 e. The third-order valence-electron chi connectivity index (χ3n) is 4.25. The molecule has 33 heavy (non-hydrogen) atoms. The molecule has 0 saturated heterocycles. The van der Waals surface area contributed by atoms with Crippen molar-refractivity contribution < 1.29 is 9.53 Å². The summed E-state index contributed by atoms with van der Waals surface area (Å²) in [7, 11) is 1.59. The van der Waals surface area contributed by atoms with Gasteiger partial charge in [0.2, 0.25) is 5.88 Å². The van der Waals surface area contributed by atoms with E-state index in [0.29, 0.717) is 17.6 Å². The molecular weight excluding hydrogens is 434 g/mol. The van der Waals surface area contributed by atoms with Gasteiger partial charge in [-0.1, -0.05) is 51.2 Å². The molecule has 0 aliphatic heterocycles. The summed E-state index contributed by atoms with van der Waals surface area (Å²) in [6.07, 6.45) is 3.55. The van der Waals surface area contributed by atoms with Gasteiger partial charge in [0.1, 0.15) is 0 Å². The lowest BCUT2D eigenvalue weighted by atomic mass is 10.0. The number of anilines is 1. The van der Waals surface area contributed by atoms with Crippen LogP contribution in [-0.2, 0) is 0 Å². The monoisotopic (exact) mass is 465 g/mol. The van der Waals surface area contributed by atoms with E-state index < -0.39 is 0 Å². The van der Waals surface area contributed by atoms with Crippen molar-refractivity contribution in [2.75, 3.05) is 19.0 Å². The highest BCUT2D eigenvalue weighted by atomic mass is 32.1. The van der Waals surface area contributed by atoms with Gasteiger partial charge >= 0.3 is 6.03 Å². The molecule has 1 aromatic carbocycles. The van der Waals surface area contributed by atoms with Crippen LogP contribution in [0.4, 0.5) is 9.93 Å². The smallest absolute Gasteiger partial charge is 0.321 e. The number of ether oxygens (including phenoxy) is 1. The number of fused-ring (bicyclic) bond motifs is 1. The maximum absolute atomic E-state index is 11.9. The SMILES string of the molecule is CC.CC.CCNC(=O)Nc1nc2cc(-c3cccnc3)cc(-c3cccc(OC)n3)c2s1. The second kappa shape index (κ2) is 13.1. The normalized spacial score (nSPS) is 9.76. The minimum absolute atomic E-state index is 0.278. The van der Waals surface area contributed by atoms with Crippen molar-refractivity contribution in [1.29, 1.82) is 0 Å². The van der Waals surface area contributed by atoms with E-state index in [2.05, 4.69) is 31.7 Å². The first-order valence-electron chi connectivity index (χ1n) is 11.1. The summed E-state index contributed by atoms with van der Waals surface area (Å²) in [6.45, 7) is 10.4. The molecule has 4 rings (SSSR count). The van der Waals surface area contributed by atoms with Gasteiger partial charge < -0.3 is 10.1 Å². The molecule has 174 valence electrons. The molecule has 0 unspecified atom stereocenters. The van der Waals surface area contributed by atoms with Crippen LogP contribution in [-0.4, -0.2) is 34.6 Å². The van der Waals surface area contributed by atoms with Gasteiger partial charge in [0.25, 0.3) is 0 Å². The molecule has 7 nitrogen and oxygen atoms in total. The number of carbonyl (C=O) groups excluding carboxylic acids is 1. The quantitative estimate of drug-likeness (QED) is 0.346.